The van der Waals surface area contributed by atoms with E-state index in [1.807, 2.05) is 0 Å². The van der Waals surface area contributed by atoms with Crippen LogP contribution in [-0.4, -0.2) is 21.7 Å². The van der Waals surface area contributed by atoms with Gasteiger partial charge in [-0.05, 0) is 25.3 Å². The molecule has 4 heteroatoms. The van der Waals surface area contributed by atoms with Gasteiger partial charge in [-0.3, -0.25) is 0 Å². The van der Waals surface area contributed by atoms with Crippen LogP contribution in [-0.2, 0) is 11.3 Å². The highest BCUT2D eigenvalue weighted by Gasteiger charge is 2.18. The Morgan fingerprint density at radius 2 is 2.43 bits per heavy atom. The summed E-state index contributed by atoms with van der Waals surface area (Å²) in [5.41, 5.74) is 0.657. The molecule has 2 rings (SSSR count). The molecule has 0 amide bonds. The SMILES string of the molecule is OCc1ccnc(C2CCCCO2)n1. The molecule has 1 aliphatic heterocycles. The smallest absolute Gasteiger partial charge is 0.157 e. The molecule has 4 nitrogen and oxygen atoms in total. The van der Waals surface area contributed by atoms with Gasteiger partial charge in [-0.25, -0.2) is 9.97 Å². The Hall–Kier alpha value is -1.00. The van der Waals surface area contributed by atoms with Crippen molar-refractivity contribution in [2.24, 2.45) is 0 Å². The minimum Gasteiger partial charge on any atom is -0.390 e. The Labute approximate surface area is 83.0 Å². The number of aromatic nitrogens is 2. The van der Waals surface area contributed by atoms with Crippen molar-refractivity contribution in [1.29, 1.82) is 0 Å². The molecule has 14 heavy (non-hydrogen) atoms. The van der Waals surface area contributed by atoms with Crippen molar-refractivity contribution >= 4 is 0 Å². The summed E-state index contributed by atoms with van der Waals surface area (Å²) in [6.45, 7) is 0.750. The van der Waals surface area contributed by atoms with Gasteiger partial charge in [-0.1, -0.05) is 0 Å². The van der Waals surface area contributed by atoms with Gasteiger partial charge in [0.05, 0.1) is 12.3 Å². The summed E-state index contributed by atoms with van der Waals surface area (Å²) in [5.74, 6) is 0.705. The van der Waals surface area contributed by atoms with Gasteiger partial charge in [-0.15, -0.1) is 0 Å². The quantitative estimate of drug-likeness (QED) is 0.768. The van der Waals surface area contributed by atoms with Gasteiger partial charge in [0.1, 0.15) is 6.10 Å². The maximum atomic E-state index is 8.93. The largest absolute Gasteiger partial charge is 0.390 e. The van der Waals surface area contributed by atoms with Gasteiger partial charge in [0.25, 0.3) is 0 Å². The molecule has 76 valence electrons. The van der Waals surface area contributed by atoms with Crippen LogP contribution in [0.15, 0.2) is 12.3 Å². The Morgan fingerprint density at radius 1 is 1.50 bits per heavy atom. The van der Waals surface area contributed by atoms with Crippen LogP contribution in [0.4, 0.5) is 0 Å². The third-order valence-electron chi connectivity index (χ3n) is 2.36. The van der Waals surface area contributed by atoms with E-state index in [2.05, 4.69) is 9.97 Å². The highest BCUT2D eigenvalue weighted by atomic mass is 16.5. The summed E-state index contributed by atoms with van der Waals surface area (Å²) in [5, 5.41) is 8.93. The minimum absolute atomic E-state index is 0.0234. The second-order valence-corrected chi connectivity index (χ2v) is 3.42. The molecule has 0 saturated carbocycles. The summed E-state index contributed by atoms with van der Waals surface area (Å²) in [7, 11) is 0. The number of aliphatic hydroxyl groups excluding tert-OH is 1. The van der Waals surface area contributed by atoms with Crippen LogP contribution in [0, 0.1) is 0 Å². The van der Waals surface area contributed by atoms with E-state index in [4.69, 9.17) is 9.84 Å². The fourth-order valence-corrected chi connectivity index (χ4v) is 1.60. The van der Waals surface area contributed by atoms with Crippen LogP contribution >= 0.6 is 0 Å². The average molecular weight is 194 g/mol. The number of ether oxygens (including phenoxy) is 1. The second kappa shape index (κ2) is 4.48. The van der Waals surface area contributed by atoms with Gasteiger partial charge in [0.2, 0.25) is 0 Å². The number of aliphatic hydroxyl groups is 1. The number of nitrogens with zero attached hydrogens (tertiary/aromatic N) is 2. The molecule has 2 heterocycles. The van der Waals surface area contributed by atoms with Crippen LogP contribution in [0.5, 0.6) is 0 Å². The summed E-state index contributed by atoms with van der Waals surface area (Å²) in [6, 6.07) is 1.71. The lowest BCUT2D eigenvalue weighted by molar-refractivity contribution is 0.00917. The second-order valence-electron chi connectivity index (χ2n) is 3.42. The molecule has 0 radical (unpaired) electrons. The van der Waals surface area contributed by atoms with Crippen molar-refractivity contribution in [2.75, 3.05) is 6.61 Å². The normalized spacial score (nSPS) is 22.2. The standard InChI is InChI=1S/C10H14N2O2/c13-7-8-4-5-11-10(12-8)9-3-1-2-6-14-9/h4-5,9,13H,1-3,6-7H2. The lowest BCUT2D eigenvalue weighted by atomic mass is 10.1. The Morgan fingerprint density at radius 3 is 3.14 bits per heavy atom. The Balaban J connectivity index is 2.13. The minimum atomic E-state index is -0.0394. The predicted octanol–water partition coefficient (Wildman–Crippen LogP) is 1.21. The molecule has 0 spiro atoms. The zero-order valence-electron chi connectivity index (χ0n) is 8.02. The number of hydrogen-bond donors (Lipinski definition) is 1. The summed E-state index contributed by atoms with van der Waals surface area (Å²) in [6.07, 6.45) is 4.96. The van der Waals surface area contributed by atoms with Crippen molar-refractivity contribution in [3.8, 4) is 0 Å². The first-order valence-electron chi connectivity index (χ1n) is 4.94. The van der Waals surface area contributed by atoms with Crippen molar-refractivity contribution in [1.82, 2.24) is 9.97 Å². The molecule has 1 aromatic rings. The first-order valence-corrected chi connectivity index (χ1v) is 4.94. The molecule has 0 aromatic carbocycles. The summed E-state index contributed by atoms with van der Waals surface area (Å²) in [4.78, 5) is 8.39. The van der Waals surface area contributed by atoms with Crippen LogP contribution in [0.1, 0.15) is 36.9 Å². The van der Waals surface area contributed by atoms with Crippen molar-refractivity contribution < 1.29 is 9.84 Å². The van der Waals surface area contributed by atoms with Gasteiger partial charge in [-0.2, -0.15) is 0 Å². The lowest BCUT2D eigenvalue weighted by Gasteiger charge is -2.21. The fraction of sp³-hybridized carbons (Fsp3) is 0.600. The van der Waals surface area contributed by atoms with Gasteiger partial charge < -0.3 is 9.84 Å². The van der Waals surface area contributed by atoms with Crippen LogP contribution < -0.4 is 0 Å². The summed E-state index contributed by atoms with van der Waals surface area (Å²) >= 11 is 0. The first-order chi connectivity index (χ1) is 6.90. The monoisotopic (exact) mass is 194 g/mol. The molecule has 1 fully saturated rings. The van der Waals surface area contributed by atoms with Crippen LogP contribution in [0.3, 0.4) is 0 Å². The lowest BCUT2D eigenvalue weighted by Crippen LogP contribution is -2.14. The average Bonchev–Trinajstić information content (AvgIpc) is 2.30. The molecule has 1 saturated heterocycles. The van der Waals surface area contributed by atoms with Crippen molar-refractivity contribution in [3.05, 3.63) is 23.8 Å². The van der Waals surface area contributed by atoms with Gasteiger partial charge >= 0.3 is 0 Å². The third kappa shape index (κ3) is 2.08. The van der Waals surface area contributed by atoms with E-state index in [0.29, 0.717) is 11.5 Å². The van der Waals surface area contributed by atoms with E-state index in [1.54, 1.807) is 12.3 Å². The topological polar surface area (TPSA) is 55.2 Å². The zero-order valence-corrected chi connectivity index (χ0v) is 8.02. The first kappa shape index (κ1) is 9.55. The molecule has 1 aliphatic rings. The number of hydrogen-bond acceptors (Lipinski definition) is 4. The van der Waals surface area contributed by atoms with E-state index in [1.165, 1.54) is 0 Å². The molecule has 0 aliphatic carbocycles. The molecule has 1 unspecified atom stereocenters. The molecular formula is C10H14N2O2. The van der Waals surface area contributed by atoms with E-state index in [0.717, 1.165) is 25.9 Å². The van der Waals surface area contributed by atoms with E-state index in [-0.39, 0.29) is 12.7 Å². The molecular weight excluding hydrogens is 180 g/mol. The third-order valence-corrected chi connectivity index (χ3v) is 2.36. The van der Waals surface area contributed by atoms with Crippen LogP contribution in [0.2, 0.25) is 0 Å². The molecule has 0 bridgehead atoms. The Bertz CT molecular complexity index is 298. The maximum absolute atomic E-state index is 8.93. The highest BCUT2D eigenvalue weighted by molar-refractivity contribution is 5.03. The predicted molar refractivity (Wildman–Crippen MR) is 50.5 cm³/mol. The maximum Gasteiger partial charge on any atom is 0.157 e. The number of rotatable bonds is 2. The zero-order chi connectivity index (χ0) is 9.80. The Kier molecular flexibility index (Phi) is 3.06. The summed E-state index contributed by atoms with van der Waals surface area (Å²) < 4.78 is 5.56. The van der Waals surface area contributed by atoms with E-state index < -0.39 is 0 Å². The highest BCUT2D eigenvalue weighted by Crippen LogP contribution is 2.24. The van der Waals surface area contributed by atoms with Gasteiger partial charge in [0, 0.05) is 12.8 Å². The van der Waals surface area contributed by atoms with Crippen LogP contribution in [0.25, 0.3) is 0 Å². The van der Waals surface area contributed by atoms with E-state index >= 15 is 0 Å². The van der Waals surface area contributed by atoms with Crippen molar-refractivity contribution in [3.63, 3.8) is 0 Å². The molecule has 1 atom stereocenters. The van der Waals surface area contributed by atoms with Gasteiger partial charge in [0.15, 0.2) is 5.82 Å². The van der Waals surface area contributed by atoms with Crippen molar-refractivity contribution in [2.45, 2.75) is 32.0 Å². The van der Waals surface area contributed by atoms with E-state index in [9.17, 15) is 0 Å². The fourth-order valence-electron chi connectivity index (χ4n) is 1.60. The molecule has 1 N–H and O–H groups in total. The molecule has 1 aromatic heterocycles.